The average molecular weight is 383 g/mol. The van der Waals surface area contributed by atoms with E-state index >= 15 is 0 Å². The Bertz CT molecular complexity index is 794. The molecule has 1 atom stereocenters. The molecule has 1 aromatic carbocycles. The van der Waals surface area contributed by atoms with Crippen molar-refractivity contribution in [3.05, 3.63) is 30.1 Å². The van der Waals surface area contributed by atoms with Crippen LogP contribution in [-0.2, 0) is 6.42 Å². The van der Waals surface area contributed by atoms with Gasteiger partial charge in [0.1, 0.15) is 5.75 Å². The van der Waals surface area contributed by atoms with Crippen LogP contribution < -0.4 is 15.0 Å². The number of rotatable bonds is 6. The van der Waals surface area contributed by atoms with E-state index in [1.54, 1.807) is 0 Å². The Morgan fingerprint density at radius 2 is 2.00 bits per heavy atom. The van der Waals surface area contributed by atoms with Crippen LogP contribution in [0.25, 0.3) is 11.1 Å². The lowest BCUT2D eigenvalue weighted by molar-refractivity contribution is 0.314. The highest BCUT2D eigenvalue weighted by Gasteiger charge is 2.27. The van der Waals surface area contributed by atoms with Crippen LogP contribution in [0.4, 0.5) is 5.69 Å². The van der Waals surface area contributed by atoms with Gasteiger partial charge in [0.15, 0.2) is 0 Å². The van der Waals surface area contributed by atoms with E-state index in [-0.39, 0.29) is 0 Å². The maximum atomic E-state index is 6.35. The monoisotopic (exact) mass is 382 g/mol. The number of aromatic nitrogens is 2. The van der Waals surface area contributed by atoms with E-state index in [4.69, 9.17) is 9.84 Å². The zero-order chi connectivity index (χ0) is 19.5. The number of hydrogen-bond donors (Lipinski definition) is 1. The van der Waals surface area contributed by atoms with Gasteiger partial charge < -0.3 is 15.0 Å². The molecule has 2 aliphatic heterocycles. The Labute approximate surface area is 169 Å². The molecule has 0 aliphatic carbocycles. The first kappa shape index (κ1) is 19.3. The van der Waals surface area contributed by atoms with Crippen LogP contribution in [0.1, 0.15) is 58.1 Å². The summed E-state index contributed by atoms with van der Waals surface area (Å²) in [6.45, 7) is 10.7. The zero-order valence-electron chi connectivity index (χ0n) is 17.6. The zero-order valence-corrected chi connectivity index (χ0v) is 17.6. The summed E-state index contributed by atoms with van der Waals surface area (Å²) in [5, 5.41) is 8.15. The van der Waals surface area contributed by atoms with Crippen LogP contribution in [0.3, 0.4) is 0 Å². The van der Waals surface area contributed by atoms with Crippen molar-refractivity contribution in [1.29, 1.82) is 0 Å². The van der Waals surface area contributed by atoms with E-state index in [2.05, 4.69) is 54.0 Å². The highest BCUT2D eigenvalue weighted by atomic mass is 16.5. The third kappa shape index (κ3) is 3.64. The van der Waals surface area contributed by atoms with Crippen molar-refractivity contribution in [3.63, 3.8) is 0 Å². The molecule has 0 radical (unpaired) electrons. The number of ether oxygens (including phenoxy) is 1. The van der Waals surface area contributed by atoms with Crippen molar-refractivity contribution >= 4 is 5.69 Å². The minimum absolute atomic E-state index is 0.504. The minimum atomic E-state index is 0.504. The Kier molecular flexibility index (Phi) is 5.90. The number of anilines is 1. The van der Waals surface area contributed by atoms with Crippen LogP contribution in [0.15, 0.2) is 24.5 Å². The second-order valence-corrected chi connectivity index (χ2v) is 8.15. The fraction of sp³-hybridized carbons (Fsp3) is 0.609. The van der Waals surface area contributed by atoms with Crippen LogP contribution >= 0.6 is 0 Å². The number of nitrogens with one attached hydrogen (secondary N) is 1. The van der Waals surface area contributed by atoms with E-state index in [9.17, 15) is 0 Å². The third-order valence-corrected chi connectivity index (χ3v) is 6.28. The number of piperidine rings is 1. The van der Waals surface area contributed by atoms with Gasteiger partial charge in [-0.15, -0.1) is 0 Å². The van der Waals surface area contributed by atoms with Crippen LogP contribution in [0.5, 0.6) is 5.75 Å². The van der Waals surface area contributed by atoms with Gasteiger partial charge in [0.05, 0.1) is 18.8 Å². The summed E-state index contributed by atoms with van der Waals surface area (Å²) in [6.07, 6.45) is 9.82. The van der Waals surface area contributed by atoms with Gasteiger partial charge in [-0.25, -0.2) is 0 Å². The SMILES string of the molecule is CCCOc1c(-c2cnn(C3CCNCC3)c2)ccc2c1CCC(C)N2CC. The first-order chi connectivity index (χ1) is 13.7. The lowest BCUT2D eigenvalue weighted by atomic mass is 9.92. The smallest absolute Gasteiger partial charge is 0.132 e. The molecule has 0 saturated carbocycles. The fourth-order valence-electron chi connectivity index (χ4n) is 4.70. The molecule has 0 bridgehead atoms. The first-order valence-corrected chi connectivity index (χ1v) is 11.0. The van der Waals surface area contributed by atoms with E-state index in [0.29, 0.717) is 12.1 Å². The Balaban J connectivity index is 1.71. The van der Waals surface area contributed by atoms with Gasteiger partial charge in [0.25, 0.3) is 0 Å². The molecular formula is C23H34N4O. The van der Waals surface area contributed by atoms with Crippen molar-refractivity contribution < 1.29 is 4.74 Å². The summed E-state index contributed by atoms with van der Waals surface area (Å²) < 4.78 is 8.51. The van der Waals surface area contributed by atoms with Crippen molar-refractivity contribution in [1.82, 2.24) is 15.1 Å². The highest BCUT2D eigenvalue weighted by Crippen LogP contribution is 2.43. The van der Waals surface area contributed by atoms with E-state index in [1.807, 2.05) is 6.20 Å². The second-order valence-electron chi connectivity index (χ2n) is 8.15. The number of fused-ring (bicyclic) bond motifs is 1. The third-order valence-electron chi connectivity index (χ3n) is 6.28. The van der Waals surface area contributed by atoms with Crippen molar-refractivity contribution in [2.24, 2.45) is 0 Å². The predicted molar refractivity (Wildman–Crippen MR) is 115 cm³/mol. The molecule has 5 nitrogen and oxygen atoms in total. The van der Waals surface area contributed by atoms with Crippen molar-refractivity contribution in [3.8, 4) is 16.9 Å². The maximum absolute atomic E-state index is 6.35. The summed E-state index contributed by atoms with van der Waals surface area (Å²) >= 11 is 0. The molecule has 2 aromatic rings. The quantitative estimate of drug-likeness (QED) is 0.803. The molecule has 1 N–H and O–H groups in total. The lowest BCUT2D eigenvalue weighted by Crippen LogP contribution is -2.37. The average Bonchev–Trinajstić information content (AvgIpc) is 3.22. The molecule has 5 heteroatoms. The highest BCUT2D eigenvalue weighted by molar-refractivity contribution is 5.77. The first-order valence-electron chi connectivity index (χ1n) is 11.0. The number of benzene rings is 1. The Hall–Kier alpha value is -2.01. The summed E-state index contributed by atoms with van der Waals surface area (Å²) in [5.41, 5.74) is 5.09. The molecule has 1 unspecified atom stereocenters. The maximum Gasteiger partial charge on any atom is 0.132 e. The van der Waals surface area contributed by atoms with Gasteiger partial charge in [0, 0.05) is 41.2 Å². The largest absolute Gasteiger partial charge is 0.493 e. The molecule has 152 valence electrons. The molecule has 1 saturated heterocycles. The summed E-state index contributed by atoms with van der Waals surface area (Å²) in [5.74, 6) is 1.08. The molecule has 0 amide bonds. The van der Waals surface area contributed by atoms with Gasteiger partial charge in [-0.05, 0) is 71.2 Å². The molecule has 28 heavy (non-hydrogen) atoms. The molecule has 2 aliphatic rings. The summed E-state index contributed by atoms with van der Waals surface area (Å²) in [6, 6.07) is 5.63. The van der Waals surface area contributed by atoms with Crippen molar-refractivity contribution in [2.45, 2.75) is 65.0 Å². The van der Waals surface area contributed by atoms with Crippen LogP contribution in [0.2, 0.25) is 0 Å². The minimum Gasteiger partial charge on any atom is -0.493 e. The van der Waals surface area contributed by atoms with Crippen LogP contribution in [-0.4, -0.2) is 42.1 Å². The number of hydrogen-bond acceptors (Lipinski definition) is 4. The predicted octanol–water partition coefficient (Wildman–Crippen LogP) is 4.42. The van der Waals surface area contributed by atoms with Crippen LogP contribution in [0, 0.1) is 0 Å². The summed E-state index contributed by atoms with van der Waals surface area (Å²) in [7, 11) is 0. The molecular weight excluding hydrogens is 348 g/mol. The molecule has 4 rings (SSSR count). The topological polar surface area (TPSA) is 42.3 Å². The molecule has 0 spiro atoms. The van der Waals surface area contributed by atoms with Gasteiger partial charge >= 0.3 is 0 Å². The Morgan fingerprint density at radius 1 is 1.18 bits per heavy atom. The van der Waals surface area contributed by atoms with E-state index < -0.39 is 0 Å². The second kappa shape index (κ2) is 8.56. The Morgan fingerprint density at radius 3 is 2.75 bits per heavy atom. The number of nitrogens with zero attached hydrogens (tertiary/aromatic N) is 3. The standard InChI is InChI=1S/C23H34N4O/c1-4-14-28-23-20(8-9-22-21(23)7-6-17(3)26(22)5-2)18-15-25-27(16-18)19-10-12-24-13-11-19/h8-9,15-17,19,24H,4-7,10-14H2,1-3H3. The van der Waals surface area contributed by atoms with Gasteiger partial charge in [-0.2, -0.15) is 5.10 Å². The normalized spacial score (nSPS) is 20.2. The lowest BCUT2D eigenvalue weighted by Gasteiger charge is -2.37. The van der Waals surface area contributed by atoms with E-state index in [0.717, 1.165) is 57.7 Å². The van der Waals surface area contributed by atoms with Gasteiger partial charge in [0.2, 0.25) is 0 Å². The fourth-order valence-corrected chi connectivity index (χ4v) is 4.70. The molecule has 1 fully saturated rings. The van der Waals surface area contributed by atoms with Gasteiger partial charge in [-0.3, -0.25) is 4.68 Å². The summed E-state index contributed by atoms with van der Waals surface area (Å²) in [4.78, 5) is 2.51. The van der Waals surface area contributed by atoms with E-state index in [1.165, 1.54) is 28.8 Å². The van der Waals surface area contributed by atoms with Gasteiger partial charge in [-0.1, -0.05) is 6.92 Å². The van der Waals surface area contributed by atoms with Crippen molar-refractivity contribution in [2.75, 3.05) is 31.1 Å². The molecule has 3 heterocycles. The molecule has 1 aromatic heterocycles.